The van der Waals surface area contributed by atoms with Crippen LogP contribution in [-0.2, 0) is 65.8 Å². The predicted molar refractivity (Wildman–Crippen MR) is 310 cm³/mol. The van der Waals surface area contributed by atoms with Crippen molar-refractivity contribution in [3.05, 3.63) is 172 Å². The number of carbonyl (C=O) groups is 7. The van der Waals surface area contributed by atoms with Gasteiger partial charge in [0.1, 0.15) is 42.6 Å². The first-order valence-electron chi connectivity index (χ1n) is 28.1. The lowest BCUT2D eigenvalue weighted by molar-refractivity contribution is -0.143. The Morgan fingerprint density at radius 1 is 0.659 bits per heavy atom. The Kier molecular flexibility index (Phi) is 20.4. The van der Waals surface area contributed by atoms with Crippen LogP contribution in [0.4, 0.5) is 4.79 Å². The van der Waals surface area contributed by atoms with Gasteiger partial charge in [-0.3, -0.25) is 28.8 Å². The zero-order chi connectivity index (χ0) is 57.4. The number of para-hydroxylation sites is 1. The molecule has 3 fully saturated rings. The molecule has 3 saturated heterocycles. The smallest absolute Gasteiger partial charge is 0.407 e. The lowest BCUT2D eigenvalue weighted by atomic mass is 9.92. The molecular weight excluding hydrogens is 1060 g/mol. The zero-order valence-corrected chi connectivity index (χ0v) is 46.4. The molecule has 0 radical (unpaired) electrons. The fourth-order valence-electron chi connectivity index (χ4n) is 10.8. The Morgan fingerprint density at radius 2 is 1.28 bits per heavy atom. The summed E-state index contributed by atoms with van der Waals surface area (Å²) in [4.78, 5) is 111. The third-order valence-corrected chi connectivity index (χ3v) is 15.5. The summed E-state index contributed by atoms with van der Waals surface area (Å²) >= 11 is 6.32. The molecule has 1 aromatic heterocycles. The van der Waals surface area contributed by atoms with Crippen molar-refractivity contribution in [2.24, 2.45) is 11.7 Å². The SMILES string of the molecule is NCCNC(=O)O[C@@H]1C[C@H]2C(=O)N[C@@H](CCc3ccccc3)C(=O)N[C@H](Cc3c[nH]c4ccccc34)C(=O)C[C@@H](CN3CCNCC3)C(=O)N[C@@H](Cc3ccc(OCc4ccccc4)cc3)C(=O)N[C@@H](Cc3ccc(Cl)cc3)C(=O)N2C1. The van der Waals surface area contributed by atoms with Gasteiger partial charge in [-0.2, -0.15) is 0 Å². The number of aromatic amines is 1. The molecule has 7 atom stereocenters. The van der Waals surface area contributed by atoms with Crippen LogP contribution in [0.25, 0.3) is 10.9 Å². The molecule has 6 aromatic rings. The molecule has 0 aliphatic carbocycles. The zero-order valence-electron chi connectivity index (χ0n) is 45.7. The van der Waals surface area contributed by atoms with Crippen LogP contribution >= 0.6 is 11.6 Å². The number of ketones is 1. The van der Waals surface area contributed by atoms with Gasteiger partial charge in [-0.05, 0) is 71.0 Å². The topological polar surface area (TPSA) is 258 Å². The van der Waals surface area contributed by atoms with E-state index in [9.17, 15) is 4.79 Å². The van der Waals surface area contributed by atoms with Gasteiger partial charge in [-0.15, -0.1) is 0 Å². The number of amides is 6. The highest BCUT2D eigenvalue weighted by Crippen LogP contribution is 2.26. The van der Waals surface area contributed by atoms with Crippen LogP contribution < -0.4 is 42.4 Å². The van der Waals surface area contributed by atoms with E-state index in [1.807, 2.05) is 84.9 Å². The highest BCUT2D eigenvalue weighted by molar-refractivity contribution is 6.30. The fraction of sp³-hybridized carbons (Fsp3) is 0.371. The highest BCUT2D eigenvalue weighted by atomic mass is 35.5. The molecule has 0 spiro atoms. The molecule has 430 valence electrons. The van der Waals surface area contributed by atoms with Crippen molar-refractivity contribution in [1.29, 1.82) is 0 Å². The molecule has 3 aliphatic heterocycles. The first-order valence-corrected chi connectivity index (χ1v) is 28.4. The second kappa shape index (κ2) is 28.5. The van der Waals surface area contributed by atoms with E-state index in [0.717, 1.165) is 27.6 Å². The van der Waals surface area contributed by atoms with Crippen molar-refractivity contribution >= 4 is 63.9 Å². The number of nitrogens with one attached hydrogen (secondary N) is 7. The van der Waals surface area contributed by atoms with Gasteiger partial charge in [-0.25, -0.2) is 4.79 Å². The number of H-pyrrole nitrogens is 1. The molecule has 0 saturated carbocycles. The molecule has 5 aromatic carbocycles. The normalized spacial score (nSPS) is 22.5. The summed E-state index contributed by atoms with van der Waals surface area (Å²) in [6.45, 7) is 2.97. The maximum atomic E-state index is 15.5. The van der Waals surface area contributed by atoms with E-state index in [0.29, 0.717) is 61.1 Å². The van der Waals surface area contributed by atoms with Crippen molar-refractivity contribution in [2.75, 3.05) is 52.4 Å². The van der Waals surface area contributed by atoms with E-state index in [-0.39, 0.29) is 64.7 Å². The molecule has 0 bridgehead atoms. The van der Waals surface area contributed by atoms with E-state index < -0.39 is 83.6 Å². The Morgan fingerprint density at radius 3 is 2.00 bits per heavy atom. The number of nitrogens with zero attached hydrogens (tertiary/aromatic N) is 2. The molecule has 9 N–H and O–H groups in total. The number of Topliss-reactive ketones (excluding diaryl/α,β-unsaturated/α-hetero) is 1. The van der Waals surface area contributed by atoms with Gasteiger partial charge in [0, 0.05) is 100 Å². The van der Waals surface area contributed by atoms with E-state index >= 15 is 28.8 Å². The second-order valence-electron chi connectivity index (χ2n) is 21.2. The maximum Gasteiger partial charge on any atom is 0.407 e. The van der Waals surface area contributed by atoms with Crippen LogP contribution in [0.3, 0.4) is 0 Å². The van der Waals surface area contributed by atoms with Crippen LogP contribution in [-0.4, -0.2) is 145 Å². The number of fused-ring (bicyclic) bond motifs is 2. The third kappa shape index (κ3) is 16.1. The van der Waals surface area contributed by atoms with E-state index in [2.05, 4.69) is 41.8 Å². The number of rotatable bonds is 17. The number of hydrogen-bond acceptors (Lipinski definition) is 12. The summed E-state index contributed by atoms with van der Waals surface area (Å²) in [5.41, 5.74) is 10.4. The Balaban J connectivity index is 1.11. The first kappa shape index (κ1) is 58.6. The number of aromatic nitrogens is 1. The molecule has 3 aliphatic rings. The van der Waals surface area contributed by atoms with E-state index in [1.54, 1.807) is 54.7 Å². The van der Waals surface area contributed by atoms with Crippen molar-refractivity contribution in [2.45, 2.75) is 87.9 Å². The standard InChI is InChI=1S/C62H71ClN10O9/c63-46-20-15-41(16-21-46)32-54-61(79)73-38-48(82-62(80)66-26-25-64)35-55(73)60(78)68-51(24-19-40-9-3-1-4-10-40)58(76)69-52(33-44-36-67-50-14-8-7-13-49(44)50)56(74)34-45(37-72-29-27-65-28-30-72)57(75)70-53(59(77)71-54)31-42-17-22-47(23-18-42)81-39-43-11-5-2-6-12-43/h1-18,20-23,36,45,48,51-55,65,67H,19,24-35,37-39,64H2,(H,66,80)(H,68,78)(H,69,76)(H,70,75)(H,71,77)/t45-,48+,51-,52+,53-,54-,55-/m0/s1. The molecule has 4 heterocycles. The van der Waals surface area contributed by atoms with Gasteiger partial charge in [0.25, 0.3) is 0 Å². The average Bonchev–Trinajstić information content (AvgIpc) is 4.34. The summed E-state index contributed by atoms with van der Waals surface area (Å²) < 4.78 is 11.9. The number of hydrogen-bond donors (Lipinski definition) is 8. The van der Waals surface area contributed by atoms with E-state index in [1.165, 1.54) is 4.90 Å². The van der Waals surface area contributed by atoms with Crippen molar-refractivity contribution in [3.63, 3.8) is 0 Å². The van der Waals surface area contributed by atoms with Crippen molar-refractivity contribution in [3.8, 4) is 5.75 Å². The van der Waals surface area contributed by atoms with E-state index in [4.69, 9.17) is 26.8 Å². The molecule has 6 amide bonds. The predicted octanol–water partition coefficient (Wildman–Crippen LogP) is 4.15. The van der Waals surface area contributed by atoms with Gasteiger partial charge >= 0.3 is 6.09 Å². The van der Waals surface area contributed by atoms with Gasteiger partial charge in [0.2, 0.25) is 29.5 Å². The molecule has 0 unspecified atom stereocenters. The Labute approximate surface area is 481 Å². The number of carbonyl (C=O) groups excluding carboxylic acids is 7. The quantitative estimate of drug-likeness (QED) is 0.0641. The lowest BCUT2D eigenvalue weighted by Crippen LogP contribution is -2.60. The van der Waals surface area contributed by atoms with Gasteiger partial charge < -0.3 is 61.9 Å². The number of piperazine rings is 1. The Bertz CT molecular complexity index is 3140. The molecule has 19 nitrogen and oxygen atoms in total. The van der Waals surface area contributed by atoms with Crippen LogP contribution in [0, 0.1) is 5.92 Å². The first-order chi connectivity index (χ1) is 39.8. The monoisotopic (exact) mass is 1130 g/mol. The fourth-order valence-corrected chi connectivity index (χ4v) is 11.0. The summed E-state index contributed by atoms with van der Waals surface area (Å²) in [5.74, 6) is -4.21. The molecular formula is C62H71ClN10O9. The van der Waals surface area contributed by atoms with Crippen LogP contribution in [0.15, 0.2) is 140 Å². The summed E-state index contributed by atoms with van der Waals surface area (Å²) in [5, 5.41) is 19.2. The Hall–Kier alpha value is -8.10. The van der Waals surface area contributed by atoms with Crippen molar-refractivity contribution < 1.29 is 43.0 Å². The maximum absolute atomic E-state index is 15.5. The molecule has 20 heteroatoms. The number of ether oxygens (including phenoxy) is 2. The highest BCUT2D eigenvalue weighted by Gasteiger charge is 2.45. The van der Waals surface area contributed by atoms with Gasteiger partial charge in [-0.1, -0.05) is 115 Å². The number of alkyl carbamates (subject to hydrolysis) is 1. The summed E-state index contributed by atoms with van der Waals surface area (Å²) in [6.07, 6.45) is -0.158. The van der Waals surface area contributed by atoms with Crippen molar-refractivity contribution in [1.82, 2.24) is 46.7 Å². The minimum Gasteiger partial charge on any atom is -0.489 e. The molecule has 9 rings (SSSR count). The average molecular weight is 1140 g/mol. The number of aryl methyl sites for hydroxylation is 1. The van der Waals surface area contributed by atoms with Crippen LogP contribution in [0.1, 0.15) is 47.1 Å². The minimum absolute atomic E-state index is 0.0388. The minimum atomic E-state index is -1.36. The van der Waals surface area contributed by atoms with Gasteiger partial charge in [0.05, 0.1) is 18.5 Å². The molecule has 82 heavy (non-hydrogen) atoms. The van der Waals surface area contributed by atoms with Crippen LogP contribution in [0.2, 0.25) is 5.02 Å². The lowest BCUT2D eigenvalue weighted by Gasteiger charge is -2.33. The third-order valence-electron chi connectivity index (χ3n) is 15.3. The number of nitrogens with two attached hydrogens (primary N) is 1. The van der Waals surface area contributed by atoms with Gasteiger partial charge in [0.15, 0.2) is 5.78 Å². The summed E-state index contributed by atoms with van der Waals surface area (Å²) in [7, 11) is 0. The largest absolute Gasteiger partial charge is 0.489 e. The van der Waals surface area contributed by atoms with Crippen LogP contribution in [0.5, 0.6) is 5.75 Å². The second-order valence-corrected chi connectivity index (χ2v) is 21.6. The summed E-state index contributed by atoms with van der Waals surface area (Å²) in [6, 6.07) is 34.2. The number of halogens is 1. The number of benzene rings is 5.